The summed E-state index contributed by atoms with van der Waals surface area (Å²) in [6.45, 7) is 3.51. The number of benzene rings is 2. The summed E-state index contributed by atoms with van der Waals surface area (Å²) in [4.78, 5) is 28.6. The molecule has 0 fully saturated rings. The zero-order valence-electron chi connectivity index (χ0n) is 15.0. The van der Waals surface area contributed by atoms with Gasteiger partial charge in [0.25, 0.3) is 0 Å². The lowest BCUT2D eigenvalue weighted by atomic mass is 10.1. The first-order valence-corrected chi connectivity index (χ1v) is 10.2. The molecule has 0 aliphatic heterocycles. The van der Waals surface area contributed by atoms with Crippen molar-refractivity contribution in [3.05, 3.63) is 59.5 Å². The van der Waals surface area contributed by atoms with E-state index < -0.39 is 0 Å². The first kappa shape index (κ1) is 19.1. The van der Waals surface area contributed by atoms with Gasteiger partial charge in [0.15, 0.2) is 5.13 Å². The molecule has 2 amide bonds. The van der Waals surface area contributed by atoms with Crippen LogP contribution in [-0.2, 0) is 9.59 Å². The Bertz CT molecular complexity index is 935. The van der Waals surface area contributed by atoms with E-state index in [-0.39, 0.29) is 11.8 Å². The first-order chi connectivity index (χ1) is 13.0. The van der Waals surface area contributed by atoms with Gasteiger partial charge in [-0.15, -0.1) is 23.1 Å². The maximum atomic E-state index is 12.2. The highest BCUT2D eigenvalue weighted by molar-refractivity contribution is 8.00. The predicted molar refractivity (Wildman–Crippen MR) is 112 cm³/mol. The summed E-state index contributed by atoms with van der Waals surface area (Å²) in [5.41, 5.74) is 3.83. The number of carbonyl (C=O) groups excluding carboxylic acids is 2. The van der Waals surface area contributed by atoms with Crippen LogP contribution in [0.4, 0.5) is 10.8 Å². The molecule has 2 aromatic carbocycles. The van der Waals surface area contributed by atoms with Gasteiger partial charge in [0.1, 0.15) is 0 Å². The smallest absolute Gasteiger partial charge is 0.236 e. The van der Waals surface area contributed by atoms with Gasteiger partial charge in [-0.05, 0) is 31.2 Å². The highest BCUT2D eigenvalue weighted by atomic mass is 32.2. The SMILES string of the molecule is CC(=O)Nc1ccc(SCC(=O)Nc2nc(-c3ccc(C)cc3)cs2)cc1. The molecule has 0 unspecified atom stereocenters. The van der Waals surface area contributed by atoms with Crippen molar-refractivity contribution in [2.75, 3.05) is 16.4 Å². The van der Waals surface area contributed by atoms with Crippen molar-refractivity contribution in [3.63, 3.8) is 0 Å². The number of amides is 2. The Labute approximate surface area is 166 Å². The third kappa shape index (κ3) is 5.67. The molecule has 0 aliphatic rings. The minimum absolute atomic E-state index is 0.101. The van der Waals surface area contributed by atoms with E-state index in [2.05, 4.69) is 15.6 Å². The van der Waals surface area contributed by atoms with Gasteiger partial charge in [0.05, 0.1) is 11.4 Å². The molecule has 138 valence electrons. The van der Waals surface area contributed by atoms with Crippen LogP contribution in [0.25, 0.3) is 11.3 Å². The maximum Gasteiger partial charge on any atom is 0.236 e. The van der Waals surface area contributed by atoms with Crippen LogP contribution < -0.4 is 10.6 Å². The maximum absolute atomic E-state index is 12.2. The van der Waals surface area contributed by atoms with E-state index in [0.29, 0.717) is 10.9 Å². The fraction of sp³-hybridized carbons (Fsp3) is 0.150. The van der Waals surface area contributed by atoms with E-state index in [1.54, 1.807) is 0 Å². The van der Waals surface area contributed by atoms with Gasteiger partial charge in [0, 0.05) is 28.5 Å². The van der Waals surface area contributed by atoms with Crippen molar-refractivity contribution < 1.29 is 9.59 Å². The van der Waals surface area contributed by atoms with E-state index >= 15 is 0 Å². The highest BCUT2D eigenvalue weighted by Gasteiger charge is 2.09. The van der Waals surface area contributed by atoms with Crippen LogP contribution in [0.3, 0.4) is 0 Å². The summed E-state index contributed by atoms with van der Waals surface area (Å²) in [6, 6.07) is 15.5. The monoisotopic (exact) mass is 397 g/mol. The number of thioether (sulfide) groups is 1. The molecule has 0 atom stereocenters. The number of hydrogen-bond acceptors (Lipinski definition) is 5. The molecule has 1 aromatic heterocycles. The lowest BCUT2D eigenvalue weighted by Crippen LogP contribution is -2.13. The van der Waals surface area contributed by atoms with Gasteiger partial charge < -0.3 is 10.6 Å². The molecule has 27 heavy (non-hydrogen) atoms. The minimum Gasteiger partial charge on any atom is -0.326 e. The zero-order chi connectivity index (χ0) is 19.2. The molecule has 0 aliphatic carbocycles. The van der Waals surface area contributed by atoms with Gasteiger partial charge in [0.2, 0.25) is 11.8 Å². The molecular formula is C20H19N3O2S2. The molecule has 1 heterocycles. The molecule has 3 aromatic rings. The molecule has 0 saturated heterocycles. The number of aromatic nitrogens is 1. The fourth-order valence-corrected chi connectivity index (χ4v) is 3.76. The minimum atomic E-state index is -0.108. The molecular weight excluding hydrogens is 378 g/mol. The Morgan fingerprint density at radius 2 is 1.74 bits per heavy atom. The Hall–Kier alpha value is -2.64. The Balaban J connectivity index is 1.52. The van der Waals surface area contributed by atoms with Gasteiger partial charge >= 0.3 is 0 Å². The van der Waals surface area contributed by atoms with E-state index in [9.17, 15) is 9.59 Å². The largest absolute Gasteiger partial charge is 0.326 e. The van der Waals surface area contributed by atoms with Crippen LogP contribution in [0.2, 0.25) is 0 Å². The summed E-state index contributed by atoms with van der Waals surface area (Å²) in [5.74, 6) is 0.0813. The quantitative estimate of drug-likeness (QED) is 0.586. The van der Waals surface area contributed by atoms with Crippen molar-refractivity contribution in [1.82, 2.24) is 4.98 Å². The second-order valence-corrected chi connectivity index (χ2v) is 7.85. The lowest BCUT2D eigenvalue weighted by molar-refractivity contribution is -0.114. The van der Waals surface area contributed by atoms with Crippen molar-refractivity contribution in [1.29, 1.82) is 0 Å². The standard InChI is InChI=1S/C20H19N3O2S2/c1-13-3-5-15(6-4-13)18-11-27-20(22-18)23-19(25)12-26-17-9-7-16(8-10-17)21-14(2)24/h3-11H,12H2,1-2H3,(H,21,24)(H,22,23,25). The third-order valence-corrected chi connectivity index (χ3v) is 5.41. The van der Waals surface area contributed by atoms with Gasteiger partial charge in [-0.2, -0.15) is 0 Å². The fourth-order valence-electron chi connectivity index (χ4n) is 2.33. The summed E-state index contributed by atoms with van der Waals surface area (Å²) < 4.78 is 0. The molecule has 0 saturated carbocycles. The van der Waals surface area contributed by atoms with Crippen LogP contribution >= 0.6 is 23.1 Å². The molecule has 5 nitrogen and oxygen atoms in total. The van der Waals surface area contributed by atoms with Crippen LogP contribution in [-0.4, -0.2) is 22.6 Å². The molecule has 0 spiro atoms. The van der Waals surface area contributed by atoms with E-state index in [0.717, 1.165) is 21.8 Å². The predicted octanol–water partition coefficient (Wildman–Crippen LogP) is 4.81. The van der Waals surface area contributed by atoms with Crippen LogP contribution in [0.1, 0.15) is 12.5 Å². The second kappa shape index (κ2) is 8.83. The summed E-state index contributed by atoms with van der Waals surface area (Å²) >= 11 is 2.85. The van der Waals surface area contributed by atoms with Crippen molar-refractivity contribution in [3.8, 4) is 11.3 Å². The second-order valence-electron chi connectivity index (χ2n) is 5.95. The molecule has 7 heteroatoms. The number of anilines is 2. The lowest BCUT2D eigenvalue weighted by Gasteiger charge is -2.05. The van der Waals surface area contributed by atoms with Gasteiger partial charge in [-0.25, -0.2) is 4.98 Å². The molecule has 2 N–H and O–H groups in total. The highest BCUT2D eigenvalue weighted by Crippen LogP contribution is 2.26. The number of nitrogens with one attached hydrogen (secondary N) is 2. The normalized spacial score (nSPS) is 10.4. The van der Waals surface area contributed by atoms with Gasteiger partial charge in [-0.1, -0.05) is 29.8 Å². The summed E-state index contributed by atoms with van der Waals surface area (Å²) in [6.07, 6.45) is 0. The summed E-state index contributed by atoms with van der Waals surface area (Å²) in [5, 5.41) is 8.09. The topological polar surface area (TPSA) is 71.1 Å². The molecule has 0 bridgehead atoms. The summed E-state index contributed by atoms with van der Waals surface area (Å²) in [7, 11) is 0. The Morgan fingerprint density at radius 1 is 1.04 bits per heavy atom. The van der Waals surface area contributed by atoms with Crippen molar-refractivity contribution in [2.24, 2.45) is 0 Å². The molecule has 3 rings (SSSR count). The number of aryl methyl sites for hydroxylation is 1. The van der Waals surface area contributed by atoms with E-state index in [1.165, 1.54) is 35.6 Å². The average molecular weight is 398 g/mol. The van der Waals surface area contributed by atoms with E-state index in [4.69, 9.17) is 0 Å². The number of carbonyl (C=O) groups is 2. The van der Waals surface area contributed by atoms with Crippen LogP contribution in [0.5, 0.6) is 0 Å². The number of hydrogen-bond donors (Lipinski definition) is 2. The Kier molecular flexibility index (Phi) is 6.26. The molecule has 0 radical (unpaired) electrons. The van der Waals surface area contributed by atoms with Crippen molar-refractivity contribution in [2.45, 2.75) is 18.7 Å². The number of thiazole rings is 1. The third-order valence-electron chi connectivity index (χ3n) is 3.64. The zero-order valence-corrected chi connectivity index (χ0v) is 16.6. The van der Waals surface area contributed by atoms with Gasteiger partial charge in [-0.3, -0.25) is 9.59 Å². The van der Waals surface area contributed by atoms with Crippen molar-refractivity contribution >= 4 is 45.7 Å². The number of nitrogens with zero attached hydrogens (tertiary/aromatic N) is 1. The average Bonchev–Trinajstić information content (AvgIpc) is 3.09. The van der Waals surface area contributed by atoms with Crippen LogP contribution in [0.15, 0.2) is 58.8 Å². The number of rotatable bonds is 6. The van der Waals surface area contributed by atoms with E-state index in [1.807, 2.05) is 60.8 Å². The Morgan fingerprint density at radius 3 is 2.41 bits per heavy atom. The first-order valence-electron chi connectivity index (χ1n) is 8.32. The van der Waals surface area contributed by atoms with Crippen LogP contribution in [0, 0.1) is 6.92 Å².